The second-order valence-corrected chi connectivity index (χ2v) is 6.40. The molecule has 1 N–H and O–H groups in total. The van der Waals surface area contributed by atoms with Crippen LogP contribution in [0.2, 0.25) is 0 Å². The van der Waals surface area contributed by atoms with Gasteiger partial charge >= 0.3 is 6.18 Å². The van der Waals surface area contributed by atoms with Crippen LogP contribution in [0.3, 0.4) is 0 Å². The van der Waals surface area contributed by atoms with E-state index in [1.165, 1.54) is 12.1 Å². The van der Waals surface area contributed by atoms with E-state index in [1.807, 2.05) is 0 Å². The number of halogens is 3. The Balaban J connectivity index is 2.28. The number of rotatable bonds is 5. The molecule has 1 aliphatic carbocycles. The van der Waals surface area contributed by atoms with E-state index < -0.39 is 22.2 Å². The number of benzene rings is 1. The Hall–Kier alpha value is -1.34. The van der Waals surface area contributed by atoms with Crippen LogP contribution in [0.25, 0.3) is 0 Å². The first-order valence-electron chi connectivity index (χ1n) is 6.04. The molecule has 110 valence electrons. The third kappa shape index (κ3) is 3.61. The first kappa shape index (κ1) is 15.1. The second kappa shape index (κ2) is 5.21. The van der Waals surface area contributed by atoms with Gasteiger partial charge in [0, 0.05) is 5.41 Å². The molecule has 0 saturated heterocycles. The van der Waals surface area contributed by atoms with Gasteiger partial charge in [0.15, 0.2) is 0 Å². The molecule has 7 heteroatoms. The van der Waals surface area contributed by atoms with Crippen LogP contribution in [-0.2, 0) is 10.0 Å². The molecule has 1 saturated carbocycles. The molecule has 0 aromatic heterocycles. The molecule has 0 aliphatic heterocycles. The van der Waals surface area contributed by atoms with Crippen molar-refractivity contribution in [1.29, 1.82) is 0 Å². The molecule has 1 aromatic carbocycles. The lowest BCUT2D eigenvalue weighted by molar-refractivity contribution is -0.153. The third-order valence-electron chi connectivity index (χ3n) is 3.15. The van der Waals surface area contributed by atoms with E-state index in [4.69, 9.17) is 0 Å². The Labute approximate surface area is 115 Å². The summed E-state index contributed by atoms with van der Waals surface area (Å²) in [6.45, 7) is 2.99. The van der Waals surface area contributed by atoms with E-state index in [1.54, 1.807) is 16.9 Å². The Kier molecular flexibility index (Phi) is 3.93. The predicted molar refractivity (Wildman–Crippen MR) is 69.5 cm³/mol. The molecule has 3 nitrogen and oxygen atoms in total. The summed E-state index contributed by atoms with van der Waals surface area (Å²) < 4.78 is 63.1. The van der Waals surface area contributed by atoms with Crippen molar-refractivity contribution >= 4 is 10.0 Å². The molecule has 1 aromatic rings. The zero-order valence-corrected chi connectivity index (χ0v) is 11.3. The van der Waals surface area contributed by atoms with Gasteiger partial charge in [-0.1, -0.05) is 30.8 Å². The van der Waals surface area contributed by atoms with Crippen molar-refractivity contribution in [2.24, 2.45) is 0 Å². The van der Waals surface area contributed by atoms with Gasteiger partial charge in [0.1, 0.15) is 6.04 Å². The summed E-state index contributed by atoms with van der Waals surface area (Å²) in [6.07, 6.45) is -2.62. The van der Waals surface area contributed by atoms with Crippen LogP contribution in [0.1, 0.15) is 35.9 Å². The summed E-state index contributed by atoms with van der Waals surface area (Å²) in [6, 6.07) is 3.61. The van der Waals surface area contributed by atoms with Crippen molar-refractivity contribution in [2.75, 3.05) is 0 Å². The van der Waals surface area contributed by atoms with Gasteiger partial charge in [0.2, 0.25) is 10.0 Å². The van der Waals surface area contributed by atoms with Crippen LogP contribution in [0.5, 0.6) is 0 Å². The zero-order chi connectivity index (χ0) is 15.0. The molecule has 1 aliphatic rings. The van der Waals surface area contributed by atoms with Crippen LogP contribution in [-0.4, -0.2) is 14.6 Å². The van der Waals surface area contributed by atoms with E-state index in [0.29, 0.717) is 11.3 Å². The number of hydrogen-bond acceptors (Lipinski definition) is 2. The van der Waals surface area contributed by atoms with E-state index in [-0.39, 0.29) is 5.56 Å². The van der Waals surface area contributed by atoms with Gasteiger partial charge in [-0.25, -0.2) is 8.42 Å². The molecule has 1 atom stereocenters. The van der Waals surface area contributed by atoms with E-state index in [9.17, 15) is 21.6 Å². The van der Waals surface area contributed by atoms with Crippen LogP contribution in [0, 0.1) is 0 Å². The van der Waals surface area contributed by atoms with Crippen molar-refractivity contribution in [3.8, 4) is 0 Å². The lowest BCUT2D eigenvalue weighted by Crippen LogP contribution is -2.37. The maximum atomic E-state index is 13.0. The first-order chi connectivity index (χ1) is 9.23. The monoisotopic (exact) mass is 305 g/mol. The van der Waals surface area contributed by atoms with Crippen molar-refractivity contribution in [3.63, 3.8) is 0 Å². The molecule has 0 amide bonds. The normalized spacial score (nSPS) is 17.8. The molecule has 0 bridgehead atoms. The lowest BCUT2D eigenvalue weighted by Gasteiger charge is -2.21. The van der Waals surface area contributed by atoms with Crippen molar-refractivity contribution in [3.05, 3.63) is 47.4 Å². The standard InChI is InChI=1S/C13H14F3NO2S/c1-2-20(18,19)17-12(13(14,15)16)11-7-5-10(6-8-11)9-3-4-9/h2,5-9,12,17H,1,3-4H2. The average molecular weight is 305 g/mol. The quantitative estimate of drug-likeness (QED) is 0.908. The SMILES string of the molecule is C=CS(=O)(=O)NC(c1ccc(C2CC2)cc1)C(F)(F)F. The minimum absolute atomic E-state index is 0.132. The molecule has 1 fully saturated rings. The maximum Gasteiger partial charge on any atom is 0.408 e. The average Bonchev–Trinajstić information content (AvgIpc) is 3.19. The third-order valence-corrected chi connectivity index (χ3v) is 4.15. The minimum Gasteiger partial charge on any atom is -0.208 e. The van der Waals surface area contributed by atoms with Crippen LogP contribution >= 0.6 is 0 Å². The fourth-order valence-electron chi connectivity index (χ4n) is 1.91. The summed E-state index contributed by atoms with van der Waals surface area (Å²) in [5.74, 6) is 0.429. The van der Waals surface area contributed by atoms with E-state index in [0.717, 1.165) is 18.4 Å². The molecule has 0 spiro atoms. The lowest BCUT2D eigenvalue weighted by atomic mass is 10.0. The number of alkyl halides is 3. The minimum atomic E-state index is -4.71. The zero-order valence-electron chi connectivity index (χ0n) is 10.5. The van der Waals surface area contributed by atoms with Crippen LogP contribution in [0.4, 0.5) is 13.2 Å². The Morgan fingerprint density at radius 2 is 1.80 bits per heavy atom. The summed E-state index contributed by atoms with van der Waals surface area (Å²) in [5, 5.41) is 0.463. The van der Waals surface area contributed by atoms with E-state index in [2.05, 4.69) is 6.58 Å². The highest BCUT2D eigenvalue weighted by Crippen LogP contribution is 2.41. The van der Waals surface area contributed by atoms with Gasteiger partial charge in [-0.15, -0.1) is 0 Å². The predicted octanol–water partition coefficient (Wildman–Crippen LogP) is 3.23. The molecular formula is C13H14F3NO2S. The highest BCUT2D eigenvalue weighted by atomic mass is 32.2. The molecule has 0 radical (unpaired) electrons. The van der Waals surface area contributed by atoms with Gasteiger partial charge < -0.3 is 0 Å². The van der Waals surface area contributed by atoms with Crippen LogP contribution in [0.15, 0.2) is 36.3 Å². The molecule has 2 rings (SSSR count). The molecular weight excluding hydrogens is 291 g/mol. The van der Waals surface area contributed by atoms with Gasteiger partial charge in [-0.3, -0.25) is 0 Å². The summed E-state index contributed by atoms with van der Waals surface area (Å²) in [4.78, 5) is 0. The van der Waals surface area contributed by atoms with Crippen molar-refractivity contribution < 1.29 is 21.6 Å². The first-order valence-corrected chi connectivity index (χ1v) is 7.59. The highest BCUT2D eigenvalue weighted by molar-refractivity contribution is 7.92. The summed E-state index contributed by atoms with van der Waals surface area (Å²) >= 11 is 0. The summed E-state index contributed by atoms with van der Waals surface area (Å²) in [5.41, 5.74) is 0.855. The van der Waals surface area contributed by atoms with Crippen molar-refractivity contribution in [2.45, 2.75) is 31.0 Å². The number of sulfonamides is 1. The van der Waals surface area contributed by atoms with Gasteiger partial charge in [0.05, 0.1) is 0 Å². The van der Waals surface area contributed by atoms with E-state index >= 15 is 0 Å². The van der Waals surface area contributed by atoms with Crippen molar-refractivity contribution in [1.82, 2.24) is 4.72 Å². The Morgan fingerprint density at radius 1 is 1.25 bits per heavy atom. The molecule has 20 heavy (non-hydrogen) atoms. The van der Waals surface area contributed by atoms with Gasteiger partial charge in [-0.05, 0) is 29.9 Å². The Morgan fingerprint density at radius 3 is 2.20 bits per heavy atom. The molecule has 0 heterocycles. The number of hydrogen-bond donors (Lipinski definition) is 1. The largest absolute Gasteiger partial charge is 0.408 e. The fourth-order valence-corrected chi connectivity index (χ4v) is 2.61. The topological polar surface area (TPSA) is 46.2 Å². The van der Waals surface area contributed by atoms with Crippen LogP contribution < -0.4 is 4.72 Å². The summed E-state index contributed by atoms with van der Waals surface area (Å²) in [7, 11) is -4.17. The fraction of sp³-hybridized carbons (Fsp3) is 0.385. The highest BCUT2D eigenvalue weighted by Gasteiger charge is 2.42. The second-order valence-electron chi connectivity index (χ2n) is 4.75. The van der Waals surface area contributed by atoms with Gasteiger partial charge in [-0.2, -0.15) is 17.9 Å². The number of nitrogens with one attached hydrogen (secondary N) is 1. The smallest absolute Gasteiger partial charge is 0.208 e. The van der Waals surface area contributed by atoms with Gasteiger partial charge in [0.25, 0.3) is 0 Å². The molecule has 1 unspecified atom stereocenters. The maximum absolute atomic E-state index is 13.0. The Bertz CT molecular complexity index is 589.